The van der Waals surface area contributed by atoms with Gasteiger partial charge in [0.15, 0.2) is 0 Å². The highest BCUT2D eigenvalue weighted by Gasteiger charge is 2.25. The molecule has 1 aliphatic rings. The Morgan fingerprint density at radius 2 is 2.12 bits per heavy atom. The van der Waals surface area contributed by atoms with Gasteiger partial charge in [-0.15, -0.1) is 0 Å². The molecule has 2 rings (SSSR count). The van der Waals surface area contributed by atoms with Crippen molar-refractivity contribution < 1.29 is 4.74 Å². The highest BCUT2D eigenvalue weighted by atomic mass is 35.5. The van der Waals surface area contributed by atoms with Gasteiger partial charge < -0.3 is 10.5 Å². The van der Waals surface area contributed by atoms with Crippen LogP contribution in [-0.4, -0.2) is 43.8 Å². The third-order valence-electron chi connectivity index (χ3n) is 3.29. The quantitative estimate of drug-likeness (QED) is 0.889. The summed E-state index contributed by atoms with van der Waals surface area (Å²) < 4.78 is 5.71. The van der Waals surface area contributed by atoms with Crippen molar-refractivity contribution >= 4 is 11.6 Å². The number of hydrogen-bond acceptors (Lipinski definition) is 3. The summed E-state index contributed by atoms with van der Waals surface area (Å²) in [6, 6.07) is 8.45. The van der Waals surface area contributed by atoms with Gasteiger partial charge in [0.2, 0.25) is 0 Å². The maximum Gasteiger partial charge on any atom is 0.0824 e. The summed E-state index contributed by atoms with van der Waals surface area (Å²) in [6.07, 6.45) is 1.17. The predicted molar refractivity (Wildman–Crippen MR) is 70.4 cm³/mol. The zero-order valence-corrected chi connectivity index (χ0v) is 10.9. The first kappa shape index (κ1) is 12.8. The van der Waals surface area contributed by atoms with Crippen molar-refractivity contribution in [2.45, 2.75) is 18.6 Å². The van der Waals surface area contributed by atoms with E-state index in [2.05, 4.69) is 24.1 Å². The largest absolute Gasteiger partial charge is 0.374 e. The van der Waals surface area contributed by atoms with Gasteiger partial charge in [-0.3, -0.25) is 4.90 Å². The number of halogens is 1. The van der Waals surface area contributed by atoms with E-state index >= 15 is 0 Å². The molecule has 1 aliphatic heterocycles. The lowest BCUT2D eigenvalue weighted by Crippen LogP contribution is -2.50. The molecule has 17 heavy (non-hydrogen) atoms. The van der Waals surface area contributed by atoms with E-state index in [1.54, 1.807) is 0 Å². The summed E-state index contributed by atoms with van der Waals surface area (Å²) in [6.45, 7) is 2.26. The highest BCUT2D eigenvalue weighted by Crippen LogP contribution is 2.16. The Morgan fingerprint density at radius 1 is 1.41 bits per heavy atom. The molecule has 0 aliphatic carbocycles. The van der Waals surface area contributed by atoms with Gasteiger partial charge in [0, 0.05) is 24.2 Å². The SMILES string of the molecule is CN1C[C@H](CN)OC[C@@H]1Cc1ccc(Cl)cc1. The van der Waals surface area contributed by atoms with Gasteiger partial charge in [-0.1, -0.05) is 23.7 Å². The lowest BCUT2D eigenvalue weighted by Gasteiger charge is -2.37. The van der Waals surface area contributed by atoms with Crippen molar-refractivity contribution in [2.75, 3.05) is 26.7 Å². The van der Waals surface area contributed by atoms with E-state index in [9.17, 15) is 0 Å². The second-order valence-corrected chi connectivity index (χ2v) is 5.05. The molecule has 0 amide bonds. The maximum absolute atomic E-state index is 5.87. The molecule has 0 saturated carbocycles. The molecule has 0 radical (unpaired) electrons. The second-order valence-electron chi connectivity index (χ2n) is 4.62. The zero-order valence-electron chi connectivity index (χ0n) is 10.1. The molecular formula is C13H19ClN2O. The van der Waals surface area contributed by atoms with E-state index in [-0.39, 0.29) is 6.10 Å². The number of likely N-dealkylation sites (N-methyl/N-ethyl adjacent to an activating group) is 1. The monoisotopic (exact) mass is 254 g/mol. The molecule has 4 heteroatoms. The van der Waals surface area contributed by atoms with Crippen molar-refractivity contribution in [3.8, 4) is 0 Å². The first-order valence-corrected chi connectivity index (χ1v) is 6.33. The lowest BCUT2D eigenvalue weighted by atomic mass is 10.0. The van der Waals surface area contributed by atoms with E-state index in [1.807, 2.05) is 12.1 Å². The third kappa shape index (κ3) is 3.42. The molecule has 2 atom stereocenters. The summed E-state index contributed by atoms with van der Waals surface area (Å²) in [5.74, 6) is 0. The Bertz CT molecular complexity index is 355. The van der Waals surface area contributed by atoms with E-state index in [4.69, 9.17) is 22.1 Å². The van der Waals surface area contributed by atoms with Crippen LogP contribution in [0.4, 0.5) is 0 Å². The zero-order chi connectivity index (χ0) is 12.3. The molecule has 1 aromatic carbocycles. The molecule has 1 aromatic rings. The van der Waals surface area contributed by atoms with Crippen molar-refractivity contribution in [1.82, 2.24) is 4.90 Å². The van der Waals surface area contributed by atoms with E-state index in [1.165, 1.54) is 5.56 Å². The highest BCUT2D eigenvalue weighted by molar-refractivity contribution is 6.30. The Labute approximate surface area is 107 Å². The van der Waals surface area contributed by atoms with Gasteiger partial charge >= 0.3 is 0 Å². The Balaban J connectivity index is 1.93. The van der Waals surface area contributed by atoms with Crippen LogP contribution in [0.15, 0.2) is 24.3 Å². The van der Waals surface area contributed by atoms with Gasteiger partial charge in [-0.25, -0.2) is 0 Å². The van der Waals surface area contributed by atoms with Crippen LogP contribution in [-0.2, 0) is 11.2 Å². The summed E-state index contributed by atoms with van der Waals surface area (Å²) >= 11 is 5.87. The predicted octanol–water partition coefficient (Wildman–Crippen LogP) is 1.54. The molecule has 3 nitrogen and oxygen atoms in total. The number of nitrogens with two attached hydrogens (primary N) is 1. The van der Waals surface area contributed by atoms with Crippen LogP contribution < -0.4 is 5.73 Å². The van der Waals surface area contributed by atoms with Crippen LogP contribution in [0, 0.1) is 0 Å². The smallest absolute Gasteiger partial charge is 0.0824 e. The first-order valence-electron chi connectivity index (χ1n) is 5.95. The number of morpholine rings is 1. The molecule has 0 unspecified atom stereocenters. The summed E-state index contributed by atoms with van der Waals surface area (Å²) in [4.78, 5) is 2.33. The van der Waals surface area contributed by atoms with E-state index in [0.29, 0.717) is 12.6 Å². The summed E-state index contributed by atoms with van der Waals surface area (Å²) in [7, 11) is 2.13. The van der Waals surface area contributed by atoms with Gasteiger partial charge in [0.05, 0.1) is 12.7 Å². The van der Waals surface area contributed by atoms with Crippen LogP contribution in [0.5, 0.6) is 0 Å². The first-order chi connectivity index (χ1) is 8.19. The number of benzene rings is 1. The minimum Gasteiger partial charge on any atom is -0.374 e. The van der Waals surface area contributed by atoms with E-state index in [0.717, 1.165) is 24.6 Å². The van der Waals surface area contributed by atoms with Crippen LogP contribution >= 0.6 is 11.6 Å². The van der Waals surface area contributed by atoms with E-state index < -0.39 is 0 Å². The summed E-state index contributed by atoms with van der Waals surface area (Å²) in [5.41, 5.74) is 6.91. The van der Waals surface area contributed by atoms with Crippen molar-refractivity contribution in [2.24, 2.45) is 5.73 Å². The van der Waals surface area contributed by atoms with Crippen molar-refractivity contribution in [1.29, 1.82) is 0 Å². The molecule has 1 heterocycles. The average Bonchev–Trinajstić information content (AvgIpc) is 2.34. The van der Waals surface area contributed by atoms with Crippen LogP contribution in [0.1, 0.15) is 5.56 Å². The topological polar surface area (TPSA) is 38.5 Å². The van der Waals surface area contributed by atoms with Gasteiger partial charge in [0.1, 0.15) is 0 Å². The number of hydrogen-bond donors (Lipinski definition) is 1. The molecule has 0 aromatic heterocycles. The summed E-state index contributed by atoms with van der Waals surface area (Å²) in [5, 5.41) is 0.783. The van der Waals surface area contributed by atoms with Gasteiger partial charge in [-0.05, 0) is 31.2 Å². The molecule has 1 saturated heterocycles. The molecule has 0 spiro atoms. The second kappa shape index (κ2) is 5.83. The van der Waals surface area contributed by atoms with Crippen LogP contribution in [0.25, 0.3) is 0 Å². The minimum atomic E-state index is 0.182. The fourth-order valence-corrected chi connectivity index (χ4v) is 2.27. The standard InChI is InChI=1S/C13H19ClN2O/c1-16-8-13(7-15)17-9-12(16)6-10-2-4-11(14)5-3-10/h2-5,12-13H,6-9,15H2,1H3/t12-,13-/m0/s1. The lowest BCUT2D eigenvalue weighted by molar-refractivity contribution is -0.0483. The number of nitrogens with zero attached hydrogens (tertiary/aromatic N) is 1. The third-order valence-corrected chi connectivity index (χ3v) is 3.54. The fourth-order valence-electron chi connectivity index (χ4n) is 2.15. The van der Waals surface area contributed by atoms with Gasteiger partial charge in [-0.2, -0.15) is 0 Å². The van der Waals surface area contributed by atoms with Crippen LogP contribution in [0.3, 0.4) is 0 Å². The van der Waals surface area contributed by atoms with Gasteiger partial charge in [0.25, 0.3) is 0 Å². The molecule has 2 N–H and O–H groups in total. The number of ether oxygens (including phenoxy) is 1. The Hall–Kier alpha value is -0.610. The van der Waals surface area contributed by atoms with Crippen molar-refractivity contribution in [3.05, 3.63) is 34.9 Å². The van der Waals surface area contributed by atoms with Crippen LogP contribution in [0.2, 0.25) is 5.02 Å². The molecule has 0 bridgehead atoms. The Kier molecular flexibility index (Phi) is 4.40. The molecule has 1 fully saturated rings. The van der Waals surface area contributed by atoms with Crippen molar-refractivity contribution in [3.63, 3.8) is 0 Å². The molecule has 94 valence electrons. The Morgan fingerprint density at radius 3 is 2.71 bits per heavy atom. The maximum atomic E-state index is 5.87. The molecular weight excluding hydrogens is 236 g/mol. The average molecular weight is 255 g/mol. The number of rotatable bonds is 3. The minimum absolute atomic E-state index is 0.182. The fraction of sp³-hybridized carbons (Fsp3) is 0.538. The normalized spacial score (nSPS) is 26.1.